The summed E-state index contributed by atoms with van der Waals surface area (Å²) >= 11 is 0. The van der Waals surface area contributed by atoms with E-state index in [2.05, 4.69) is 20.6 Å². The maximum Gasteiger partial charge on any atom is 0.274 e. The maximum absolute atomic E-state index is 12.4. The zero-order valence-electron chi connectivity index (χ0n) is 16.9. The molecule has 0 bridgehead atoms. The predicted molar refractivity (Wildman–Crippen MR) is 116 cm³/mol. The van der Waals surface area contributed by atoms with Crippen LogP contribution in [-0.4, -0.2) is 21.8 Å². The molecule has 0 radical (unpaired) electrons. The van der Waals surface area contributed by atoms with Gasteiger partial charge in [0.1, 0.15) is 0 Å². The van der Waals surface area contributed by atoms with E-state index in [9.17, 15) is 9.59 Å². The van der Waals surface area contributed by atoms with Gasteiger partial charge in [-0.25, -0.2) is 9.97 Å². The summed E-state index contributed by atoms with van der Waals surface area (Å²) in [7, 11) is 0. The first-order chi connectivity index (χ1) is 14.3. The molecule has 0 aliphatic heterocycles. The molecule has 8 heteroatoms. The van der Waals surface area contributed by atoms with Crippen molar-refractivity contribution >= 4 is 23.5 Å². The summed E-state index contributed by atoms with van der Waals surface area (Å²) < 4.78 is 0. The number of aryl methyl sites for hydroxylation is 2. The van der Waals surface area contributed by atoms with Gasteiger partial charge >= 0.3 is 0 Å². The third-order valence-electron chi connectivity index (χ3n) is 4.53. The van der Waals surface area contributed by atoms with Crippen LogP contribution in [0.25, 0.3) is 0 Å². The molecule has 8 nitrogen and oxygen atoms in total. The Morgan fingerprint density at radius 2 is 1.03 bits per heavy atom. The first-order valence-electron chi connectivity index (χ1n) is 9.44. The lowest BCUT2D eigenvalue weighted by atomic mass is 10.1. The lowest BCUT2D eigenvalue weighted by Gasteiger charge is -2.11. The van der Waals surface area contributed by atoms with Crippen molar-refractivity contribution in [2.45, 2.75) is 26.9 Å². The third-order valence-corrected chi connectivity index (χ3v) is 4.53. The van der Waals surface area contributed by atoms with Crippen molar-refractivity contribution in [1.29, 1.82) is 0 Å². The number of anilines is 2. The summed E-state index contributed by atoms with van der Waals surface area (Å²) in [6.45, 7) is 4.58. The molecule has 3 aromatic rings. The van der Waals surface area contributed by atoms with Crippen LogP contribution >= 0.6 is 0 Å². The molecule has 1 aromatic heterocycles. The van der Waals surface area contributed by atoms with E-state index in [-0.39, 0.29) is 23.0 Å². The van der Waals surface area contributed by atoms with Crippen LogP contribution in [0.3, 0.4) is 0 Å². The van der Waals surface area contributed by atoms with Gasteiger partial charge in [-0.05, 0) is 25.0 Å². The monoisotopic (exact) mass is 404 g/mol. The number of nitrogens with one attached hydrogen (secondary N) is 2. The predicted octanol–water partition coefficient (Wildman–Crippen LogP) is 2.12. The van der Waals surface area contributed by atoms with Gasteiger partial charge in [-0.1, -0.05) is 59.7 Å². The topological polar surface area (TPSA) is 136 Å². The summed E-state index contributed by atoms with van der Waals surface area (Å²) in [4.78, 5) is 32.9. The fourth-order valence-electron chi connectivity index (χ4n) is 2.74. The molecule has 6 N–H and O–H groups in total. The normalized spacial score (nSPS) is 10.5. The van der Waals surface area contributed by atoms with Crippen LogP contribution in [0, 0.1) is 13.8 Å². The van der Waals surface area contributed by atoms with Gasteiger partial charge < -0.3 is 22.1 Å². The number of amides is 2. The molecule has 0 fully saturated rings. The van der Waals surface area contributed by atoms with Crippen molar-refractivity contribution < 1.29 is 9.59 Å². The summed E-state index contributed by atoms with van der Waals surface area (Å²) in [5, 5.41) is 5.45. The van der Waals surface area contributed by atoms with Crippen LogP contribution in [0.15, 0.2) is 48.5 Å². The molecule has 0 aliphatic rings. The second-order valence-electron chi connectivity index (χ2n) is 7.03. The van der Waals surface area contributed by atoms with Gasteiger partial charge in [0.05, 0.1) is 0 Å². The summed E-state index contributed by atoms with van der Waals surface area (Å²) in [6.07, 6.45) is 0. The fraction of sp³-hybridized carbons (Fsp3) is 0.182. The van der Waals surface area contributed by atoms with E-state index >= 15 is 0 Å². The second kappa shape index (κ2) is 9.04. The Bertz CT molecular complexity index is 975. The highest BCUT2D eigenvalue weighted by molar-refractivity contribution is 6.00. The molecule has 0 spiro atoms. The van der Waals surface area contributed by atoms with Gasteiger partial charge in [0.15, 0.2) is 23.0 Å². The van der Waals surface area contributed by atoms with Crippen LogP contribution in [-0.2, 0) is 13.1 Å². The molecule has 2 amide bonds. The number of hydrogen-bond donors (Lipinski definition) is 4. The number of aromatic nitrogens is 2. The molecule has 0 atom stereocenters. The van der Waals surface area contributed by atoms with Crippen molar-refractivity contribution in [2.75, 3.05) is 11.5 Å². The number of carbonyl (C=O) groups is 2. The number of nitrogens with two attached hydrogens (primary N) is 2. The quantitative estimate of drug-likeness (QED) is 0.497. The first-order valence-corrected chi connectivity index (χ1v) is 9.44. The minimum atomic E-state index is -0.515. The van der Waals surface area contributed by atoms with Gasteiger partial charge in [-0.2, -0.15) is 0 Å². The minimum absolute atomic E-state index is 0.116. The number of benzene rings is 2. The van der Waals surface area contributed by atoms with E-state index in [1.807, 2.05) is 62.4 Å². The molecule has 154 valence electrons. The number of rotatable bonds is 6. The zero-order chi connectivity index (χ0) is 21.7. The van der Waals surface area contributed by atoms with E-state index in [0.29, 0.717) is 13.1 Å². The van der Waals surface area contributed by atoms with Crippen LogP contribution in [0.5, 0.6) is 0 Å². The summed E-state index contributed by atoms with van der Waals surface area (Å²) in [5.41, 5.74) is 15.6. The van der Waals surface area contributed by atoms with E-state index in [1.54, 1.807) is 0 Å². The van der Waals surface area contributed by atoms with Gasteiger partial charge in [-0.3, -0.25) is 9.59 Å². The van der Waals surface area contributed by atoms with E-state index in [0.717, 1.165) is 22.3 Å². The standard InChI is InChI=1S/C22H24N6O2/c1-13-3-7-15(8-4-13)11-25-21(29)17-19(23)28-18(20(24)27-17)22(30)26-12-16-9-5-14(2)6-10-16/h3-10H,11-12H2,1-2H3,(H2,24,27)(H2,23,28)(H,25,29)(H,26,30). The third kappa shape index (κ3) is 5.11. The molecule has 0 saturated carbocycles. The summed E-state index contributed by atoms with van der Waals surface area (Å²) in [6, 6.07) is 15.5. The van der Waals surface area contributed by atoms with Crippen molar-refractivity contribution in [3.63, 3.8) is 0 Å². The maximum atomic E-state index is 12.4. The number of nitrogen functional groups attached to an aromatic ring is 2. The first kappa shape index (κ1) is 20.8. The lowest BCUT2D eigenvalue weighted by molar-refractivity contribution is 0.0933. The average Bonchev–Trinajstić information content (AvgIpc) is 2.73. The Balaban J connectivity index is 1.66. The SMILES string of the molecule is Cc1ccc(CNC(=O)c2nc(N)c(C(=O)NCc3ccc(C)cc3)nc2N)cc1. The molecule has 30 heavy (non-hydrogen) atoms. The van der Waals surface area contributed by atoms with Gasteiger partial charge in [-0.15, -0.1) is 0 Å². The van der Waals surface area contributed by atoms with Gasteiger partial charge in [0.25, 0.3) is 11.8 Å². The molecule has 2 aromatic carbocycles. The van der Waals surface area contributed by atoms with Gasteiger partial charge in [0.2, 0.25) is 0 Å². The highest BCUT2D eigenvalue weighted by atomic mass is 16.2. The highest BCUT2D eigenvalue weighted by Crippen LogP contribution is 2.14. The number of nitrogens with zero attached hydrogens (tertiary/aromatic N) is 2. The van der Waals surface area contributed by atoms with Crippen molar-refractivity contribution in [3.05, 3.63) is 82.2 Å². The fourth-order valence-corrected chi connectivity index (χ4v) is 2.74. The van der Waals surface area contributed by atoms with Crippen LogP contribution in [0.4, 0.5) is 11.6 Å². The zero-order valence-corrected chi connectivity index (χ0v) is 16.9. The highest BCUT2D eigenvalue weighted by Gasteiger charge is 2.20. The Hall–Kier alpha value is -3.94. The molecular formula is C22H24N6O2. The van der Waals surface area contributed by atoms with E-state index in [1.165, 1.54) is 0 Å². The molecule has 0 unspecified atom stereocenters. The van der Waals surface area contributed by atoms with Crippen LogP contribution in [0.2, 0.25) is 0 Å². The molecule has 0 saturated heterocycles. The summed E-state index contributed by atoms with van der Waals surface area (Å²) in [5.74, 6) is -1.35. The Kier molecular flexibility index (Phi) is 6.26. The van der Waals surface area contributed by atoms with Crippen molar-refractivity contribution in [3.8, 4) is 0 Å². The smallest absolute Gasteiger partial charge is 0.274 e. The number of hydrogen-bond acceptors (Lipinski definition) is 6. The number of carbonyl (C=O) groups excluding carboxylic acids is 2. The van der Waals surface area contributed by atoms with Crippen molar-refractivity contribution in [2.24, 2.45) is 0 Å². The molecule has 0 aliphatic carbocycles. The van der Waals surface area contributed by atoms with Gasteiger partial charge in [0, 0.05) is 13.1 Å². The lowest BCUT2D eigenvalue weighted by Crippen LogP contribution is -2.29. The molecule has 1 heterocycles. The van der Waals surface area contributed by atoms with Crippen LogP contribution in [0.1, 0.15) is 43.2 Å². The van der Waals surface area contributed by atoms with Crippen molar-refractivity contribution in [1.82, 2.24) is 20.6 Å². The Morgan fingerprint density at radius 3 is 1.37 bits per heavy atom. The largest absolute Gasteiger partial charge is 0.382 e. The molecule has 3 rings (SSSR count). The Labute approximate surface area is 174 Å². The average molecular weight is 404 g/mol. The van der Waals surface area contributed by atoms with E-state index in [4.69, 9.17) is 11.5 Å². The molecular weight excluding hydrogens is 380 g/mol. The van der Waals surface area contributed by atoms with Crippen LogP contribution < -0.4 is 22.1 Å². The Morgan fingerprint density at radius 1 is 0.700 bits per heavy atom. The second-order valence-corrected chi connectivity index (χ2v) is 7.03. The van der Waals surface area contributed by atoms with E-state index < -0.39 is 11.8 Å². The minimum Gasteiger partial charge on any atom is -0.382 e.